The Morgan fingerprint density at radius 2 is 1.94 bits per heavy atom. The summed E-state index contributed by atoms with van der Waals surface area (Å²) in [5, 5.41) is 9.49. The molecule has 1 aromatic rings. The van der Waals surface area contributed by atoms with Gasteiger partial charge in [0, 0.05) is 31.7 Å². The molecule has 1 aromatic carbocycles. The number of phenols is 1. The van der Waals surface area contributed by atoms with Gasteiger partial charge in [-0.2, -0.15) is 0 Å². The van der Waals surface area contributed by atoms with Crippen molar-refractivity contribution in [1.29, 1.82) is 0 Å². The fraction of sp³-hybridized carbons (Fsp3) is 0.417. The summed E-state index contributed by atoms with van der Waals surface area (Å²) >= 11 is 0. The second kappa shape index (κ2) is 4.63. The van der Waals surface area contributed by atoms with E-state index >= 15 is 0 Å². The number of benzene rings is 1. The van der Waals surface area contributed by atoms with Gasteiger partial charge in [-0.1, -0.05) is 0 Å². The Bertz CT molecular complexity index is 426. The Labute approximate surface area is 100 Å². The summed E-state index contributed by atoms with van der Waals surface area (Å²) < 4.78 is 0. The Hall–Kier alpha value is -1.75. The zero-order valence-electron chi connectivity index (χ0n) is 9.89. The third kappa shape index (κ3) is 2.50. The first-order valence-electron chi connectivity index (χ1n) is 5.64. The molecule has 5 heteroatoms. The van der Waals surface area contributed by atoms with E-state index in [0.29, 0.717) is 11.3 Å². The van der Waals surface area contributed by atoms with Crippen molar-refractivity contribution in [2.75, 3.05) is 39.0 Å². The van der Waals surface area contributed by atoms with Crippen molar-refractivity contribution in [3.05, 3.63) is 23.8 Å². The number of likely N-dealkylation sites (N-methyl/N-ethyl adjacent to an activating group) is 1. The van der Waals surface area contributed by atoms with Crippen LogP contribution in [0.2, 0.25) is 0 Å². The number of nitrogen functional groups attached to an aromatic ring is 1. The van der Waals surface area contributed by atoms with E-state index in [2.05, 4.69) is 4.90 Å². The van der Waals surface area contributed by atoms with Gasteiger partial charge in [0.05, 0.1) is 5.69 Å². The van der Waals surface area contributed by atoms with E-state index in [4.69, 9.17) is 5.73 Å². The molecule has 0 atom stereocenters. The molecule has 1 aliphatic rings. The summed E-state index contributed by atoms with van der Waals surface area (Å²) in [6.45, 7) is 3.21. The van der Waals surface area contributed by atoms with Crippen LogP contribution in [0.5, 0.6) is 5.75 Å². The van der Waals surface area contributed by atoms with E-state index in [1.165, 1.54) is 6.07 Å². The number of carbonyl (C=O) groups is 1. The van der Waals surface area contributed by atoms with E-state index in [1.807, 2.05) is 7.05 Å². The number of phenolic OH excluding ortho intramolecular Hbond substituents is 1. The maximum absolute atomic E-state index is 12.1. The lowest BCUT2D eigenvalue weighted by Crippen LogP contribution is -2.47. The van der Waals surface area contributed by atoms with Gasteiger partial charge in [-0.3, -0.25) is 4.79 Å². The minimum absolute atomic E-state index is 0.0371. The van der Waals surface area contributed by atoms with Crippen LogP contribution in [0.25, 0.3) is 0 Å². The monoisotopic (exact) mass is 235 g/mol. The highest BCUT2D eigenvalue weighted by molar-refractivity contribution is 5.95. The van der Waals surface area contributed by atoms with Crippen LogP contribution in [-0.4, -0.2) is 54.0 Å². The largest absolute Gasteiger partial charge is 0.506 e. The number of hydrogen-bond acceptors (Lipinski definition) is 4. The molecule has 1 fully saturated rings. The van der Waals surface area contributed by atoms with E-state index in [-0.39, 0.29) is 11.7 Å². The molecule has 1 heterocycles. The first-order valence-corrected chi connectivity index (χ1v) is 5.64. The van der Waals surface area contributed by atoms with Crippen LogP contribution in [0.1, 0.15) is 10.4 Å². The summed E-state index contributed by atoms with van der Waals surface area (Å²) in [5.41, 5.74) is 6.28. The lowest BCUT2D eigenvalue weighted by atomic mass is 10.1. The second-order valence-corrected chi connectivity index (χ2v) is 4.37. The number of nitrogens with two attached hydrogens (primary N) is 1. The minimum Gasteiger partial charge on any atom is -0.506 e. The zero-order valence-corrected chi connectivity index (χ0v) is 9.89. The van der Waals surface area contributed by atoms with Crippen LogP contribution in [-0.2, 0) is 0 Å². The van der Waals surface area contributed by atoms with Crippen LogP contribution >= 0.6 is 0 Å². The molecule has 1 saturated heterocycles. The quantitative estimate of drug-likeness (QED) is 0.545. The molecule has 0 saturated carbocycles. The predicted octanol–water partition coefficient (Wildman–Crippen LogP) is 0.362. The Kier molecular flexibility index (Phi) is 3.19. The van der Waals surface area contributed by atoms with Crippen LogP contribution in [0.3, 0.4) is 0 Å². The van der Waals surface area contributed by atoms with E-state index < -0.39 is 0 Å². The Morgan fingerprint density at radius 3 is 2.53 bits per heavy atom. The summed E-state index contributed by atoms with van der Waals surface area (Å²) in [4.78, 5) is 16.1. The highest BCUT2D eigenvalue weighted by Crippen LogP contribution is 2.21. The fourth-order valence-electron chi connectivity index (χ4n) is 1.87. The predicted molar refractivity (Wildman–Crippen MR) is 65.9 cm³/mol. The van der Waals surface area contributed by atoms with Crippen molar-refractivity contribution in [2.45, 2.75) is 0 Å². The summed E-state index contributed by atoms with van der Waals surface area (Å²) in [7, 11) is 2.04. The number of nitrogens with zero attached hydrogens (tertiary/aromatic N) is 2. The molecule has 1 amide bonds. The van der Waals surface area contributed by atoms with Crippen molar-refractivity contribution in [2.24, 2.45) is 0 Å². The Balaban J connectivity index is 2.11. The van der Waals surface area contributed by atoms with Gasteiger partial charge in [0.2, 0.25) is 0 Å². The van der Waals surface area contributed by atoms with Crippen LogP contribution in [0.15, 0.2) is 18.2 Å². The number of hydrogen-bond donors (Lipinski definition) is 2. The molecule has 0 unspecified atom stereocenters. The first-order chi connectivity index (χ1) is 8.08. The topological polar surface area (TPSA) is 69.8 Å². The van der Waals surface area contributed by atoms with Gasteiger partial charge in [-0.15, -0.1) is 0 Å². The number of carbonyl (C=O) groups excluding carboxylic acids is 1. The average molecular weight is 235 g/mol. The summed E-state index contributed by atoms with van der Waals surface area (Å²) in [6, 6.07) is 4.63. The average Bonchev–Trinajstić information content (AvgIpc) is 2.33. The van der Waals surface area contributed by atoms with Gasteiger partial charge in [0.1, 0.15) is 5.75 Å². The van der Waals surface area contributed by atoms with Crippen molar-refractivity contribution >= 4 is 11.6 Å². The zero-order chi connectivity index (χ0) is 12.4. The van der Waals surface area contributed by atoms with E-state index in [0.717, 1.165) is 26.2 Å². The number of aromatic hydroxyl groups is 1. The standard InChI is InChI=1S/C12H17N3O2/c1-14-4-6-15(7-5-14)12(17)9-2-3-10(13)11(16)8-9/h2-3,8,16H,4-7,13H2,1H3. The van der Waals surface area contributed by atoms with Gasteiger partial charge in [-0.05, 0) is 25.2 Å². The molecule has 0 bridgehead atoms. The van der Waals surface area contributed by atoms with Crippen LogP contribution in [0, 0.1) is 0 Å². The van der Waals surface area contributed by atoms with E-state index in [1.54, 1.807) is 17.0 Å². The minimum atomic E-state index is -0.0478. The molecule has 0 aromatic heterocycles. The highest BCUT2D eigenvalue weighted by Gasteiger charge is 2.20. The molecule has 92 valence electrons. The lowest BCUT2D eigenvalue weighted by Gasteiger charge is -2.32. The first kappa shape index (κ1) is 11.7. The summed E-state index contributed by atoms with van der Waals surface area (Å²) in [5.74, 6) is -0.0848. The molecular weight excluding hydrogens is 218 g/mol. The third-order valence-electron chi connectivity index (χ3n) is 3.07. The molecule has 3 N–H and O–H groups in total. The van der Waals surface area contributed by atoms with Crippen LogP contribution in [0.4, 0.5) is 5.69 Å². The number of piperazine rings is 1. The Morgan fingerprint density at radius 1 is 1.29 bits per heavy atom. The van der Waals surface area contributed by atoms with Gasteiger partial charge in [0.25, 0.3) is 5.91 Å². The molecule has 0 aliphatic carbocycles. The second-order valence-electron chi connectivity index (χ2n) is 4.37. The van der Waals surface area contributed by atoms with Gasteiger partial charge in [-0.25, -0.2) is 0 Å². The third-order valence-corrected chi connectivity index (χ3v) is 3.07. The summed E-state index contributed by atoms with van der Waals surface area (Å²) in [6.07, 6.45) is 0. The number of amides is 1. The smallest absolute Gasteiger partial charge is 0.254 e. The molecule has 1 aliphatic heterocycles. The lowest BCUT2D eigenvalue weighted by molar-refractivity contribution is 0.0664. The van der Waals surface area contributed by atoms with Gasteiger partial charge < -0.3 is 20.6 Å². The van der Waals surface area contributed by atoms with Crippen molar-refractivity contribution in [1.82, 2.24) is 9.80 Å². The maximum Gasteiger partial charge on any atom is 0.254 e. The molecular formula is C12H17N3O2. The van der Waals surface area contributed by atoms with E-state index in [9.17, 15) is 9.90 Å². The van der Waals surface area contributed by atoms with Gasteiger partial charge >= 0.3 is 0 Å². The molecule has 5 nitrogen and oxygen atoms in total. The molecule has 17 heavy (non-hydrogen) atoms. The maximum atomic E-state index is 12.1. The fourth-order valence-corrected chi connectivity index (χ4v) is 1.87. The highest BCUT2D eigenvalue weighted by atomic mass is 16.3. The number of rotatable bonds is 1. The van der Waals surface area contributed by atoms with Crippen molar-refractivity contribution in [3.8, 4) is 5.75 Å². The van der Waals surface area contributed by atoms with Crippen molar-refractivity contribution in [3.63, 3.8) is 0 Å². The van der Waals surface area contributed by atoms with Gasteiger partial charge in [0.15, 0.2) is 0 Å². The SMILES string of the molecule is CN1CCN(C(=O)c2ccc(N)c(O)c2)CC1. The molecule has 0 spiro atoms. The normalized spacial score (nSPS) is 17.1. The molecule has 2 rings (SSSR count). The van der Waals surface area contributed by atoms with Crippen molar-refractivity contribution < 1.29 is 9.90 Å². The van der Waals surface area contributed by atoms with Crippen LogP contribution < -0.4 is 5.73 Å². The number of anilines is 1. The molecule has 0 radical (unpaired) electrons.